The van der Waals surface area contributed by atoms with Gasteiger partial charge in [-0.15, -0.1) is 0 Å². The Morgan fingerprint density at radius 3 is 2.81 bits per heavy atom. The number of benzene rings is 1. The molecular weight excluding hydrogens is 212 g/mol. The third kappa shape index (κ3) is 1.32. The van der Waals surface area contributed by atoms with Crippen LogP contribution in [0.3, 0.4) is 0 Å². The van der Waals surface area contributed by atoms with E-state index < -0.39 is 5.97 Å². The van der Waals surface area contributed by atoms with Crippen LogP contribution in [0.5, 0.6) is 11.5 Å². The van der Waals surface area contributed by atoms with Crippen LogP contribution in [0.25, 0.3) is 0 Å². The second-order valence-corrected chi connectivity index (χ2v) is 3.47. The number of carbonyl (C=O) groups excluding carboxylic acids is 2. The summed E-state index contributed by atoms with van der Waals surface area (Å²) in [5.74, 6) is -1.08. The second kappa shape index (κ2) is 3.52. The Morgan fingerprint density at radius 1 is 1.56 bits per heavy atom. The summed E-state index contributed by atoms with van der Waals surface area (Å²) in [4.78, 5) is 22.7. The second-order valence-electron chi connectivity index (χ2n) is 3.47. The largest absolute Gasteiger partial charge is 0.506 e. The fraction of sp³-hybridized carbons (Fsp3) is 0.273. The van der Waals surface area contributed by atoms with E-state index in [4.69, 9.17) is 9.47 Å². The maximum Gasteiger partial charge on any atom is 0.342 e. The summed E-state index contributed by atoms with van der Waals surface area (Å²) in [5.41, 5.74) is 0.607. The molecule has 2 rings (SSSR count). The van der Waals surface area contributed by atoms with Gasteiger partial charge in [-0.25, -0.2) is 4.79 Å². The topological polar surface area (TPSA) is 72.8 Å². The van der Waals surface area contributed by atoms with E-state index in [9.17, 15) is 14.7 Å². The van der Waals surface area contributed by atoms with Crippen molar-refractivity contribution < 1.29 is 24.2 Å². The third-order valence-electron chi connectivity index (χ3n) is 2.48. The zero-order chi connectivity index (χ0) is 11.9. The molecule has 0 atom stereocenters. The van der Waals surface area contributed by atoms with E-state index in [0.29, 0.717) is 5.56 Å². The lowest BCUT2D eigenvalue weighted by Crippen LogP contribution is -2.03. The Bertz CT molecular complexity index is 490. The molecule has 0 amide bonds. The molecule has 84 valence electrons. The van der Waals surface area contributed by atoms with Crippen molar-refractivity contribution in [3.8, 4) is 11.5 Å². The van der Waals surface area contributed by atoms with Crippen molar-refractivity contribution in [3.63, 3.8) is 0 Å². The third-order valence-corrected chi connectivity index (χ3v) is 2.48. The number of phenolic OH excluding ortho intramolecular Hbond substituents is 1. The summed E-state index contributed by atoms with van der Waals surface area (Å²) in [7, 11) is 1.39. The molecule has 1 N–H and O–H groups in total. The van der Waals surface area contributed by atoms with Crippen LogP contribution in [-0.2, 0) is 11.3 Å². The highest BCUT2D eigenvalue weighted by atomic mass is 16.5. The van der Waals surface area contributed by atoms with Gasteiger partial charge in [0, 0.05) is 5.56 Å². The molecule has 0 aromatic heterocycles. The molecule has 0 unspecified atom stereocenters. The van der Waals surface area contributed by atoms with E-state index >= 15 is 0 Å². The fourth-order valence-corrected chi connectivity index (χ4v) is 1.75. The molecule has 0 saturated carbocycles. The smallest absolute Gasteiger partial charge is 0.342 e. The van der Waals surface area contributed by atoms with Crippen molar-refractivity contribution in [2.45, 2.75) is 13.5 Å². The Morgan fingerprint density at radius 2 is 2.25 bits per heavy atom. The molecule has 1 aromatic rings. The lowest BCUT2D eigenvalue weighted by Gasteiger charge is -2.10. The van der Waals surface area contributed by atoms with Crippen LogP contribution >= 0.6 is 0 Å². The number of esters is 1. The van der Waals surface area contributed by atoms with Gasteiger partial charge in [-0.1, -0.05) is 0 Å². The number of hydrogen-bond donors (Lipinski definition) is 1. The molecule has 5 heteroatoms. The van der Waals surface area contributed by atoms with Crippen molar-refractivity contribution in [2.24, 2.45) is 0 Å². The molecule has 16 heavy (non-hydrogen) atoms. The molecule has 0 spiro atoms. The Labute approximate surface area is 91.6 Å². The summed E-state index contributed by atoms with van der Waals surface area (Å²) in [5, 5.41) is 9.86. The van der Waals surface area contributed by atoms with Crippen molar-refractivity contribution in [2.75, 3.05) is 7.11 Å². The average molecular weight is 222 g/mol. The van der Waals surface area contributed by atoms with Crippen molar-refractivity contribution >= 4 is 11.8 Å². The quantitative estimate of drug-likeness (QED) is 0.602. The van der Waals surface area contributed by atoms with Crippen LogP contribution in [0.4, 0.5) is 0 Å². The van der Waals surface area contributed by atoms with Crippen LogP contribution < -0.4 is 4.74 Å². The first-order chi connectivity index (χ1) is 7.56. The Hall–Kier alpha value is -2.04. The standard InChI is InChI=1S/C11H10O5/c1-5(12)8-7(15-2)3-6-4-16-11(14)9(6)10(8)13/h3,13H,4H2,1-2H3. The van der Waals surface area contributed by atoms with E-state index in [-0.39, 0.29) is 35.0 Å². The average Bonchev–Trinajstić information content (AvgIpc) is 2.59. The Balaban J connectivity index is 2.75. The molecule has 0 radical (unpaired) electrons. The molecule has 1 aromatic carbocycles. The molecule has 0 aliphatic carbocycles. The number of phenols is 1. The van der Waals surface area contributed by atoms with E-state index in [1.54, 1.807) is 0 Å². The van der Waals surface area contributed by atoms with Gasteiger partial charge in [-0.05, 0) is 13.0 Å². The minimum absolute atomic E-state index is 0.0140. The summed E-state index contributed by atoms with van der Waals surface area (Å²) < 4.78 is 9.77. The zero-order valence-corrected chi connectivity index (χ0v) is 8.86. The van der Waals surface area contributed by atoms with Crippen molar-refractivity contribution in [1.29, 1.82) is 0 Å². The van der Waals surface area contributed by atoms with E-state index in [2.05, 4.69) is 0 Å². The van der Waals surface area contributed by atoms with Gasteiger partial charge >= 0.3 is 5.97 Å². The van der Waals surface area contributed by atoms with Crippen LogP contribution in [0.15, 0.2) is 6.07 Å². The van der Waals surface area contributed by atoms with E-state index in [1.807, 2.05) is 0 Å². The van der Waals surface area contributed by atoms with E-state index in [1.165, 1.54) is 20.1 Å². The van der Waals surface area contributed by atoms with Crippen LogP contribution in [0.1, 0.15) is 33.2 Å². The normalized spacial score (nSPS) is 13.2. The number of hydrogen-bond acceptors (Lipinski definition) is 5. The first kappa shape index (κ1) is 10.5. The van der Waals surface area contributed by atoms with Gasteiger partial charge in [0.25, 0.3) is 0 Å². The number of methoxy groups -OCH3 is 1. The molecule has 5 nitrogen and oxygen atoms in total. The molecule has 1 aliphatic heterocycles. The van der Waals surface area contributed by atoms with Gasteiger partial charge in [0.1, 0.15) is 29.2 Å². The highest BCUT2D eigenvalue weighted by molar-refractivity contribution is 6.06. The SMILES string of the molecule is COc1cc2c(c(O)c1C(C)=O)C(=O)OC2. The molecule has 0 fully saturated rings. The van der Waals surface area contributed by atoms with Crippen LogP contribution in [-0.4, -0.2) is 24.0 Å². The molecule has 0 bridgehead atoms. The lowest BCUT2D eigenvalue weighted by molar-refractivity contribution is 0.0533. The zero-order valence-electron chi connectivity index (χ0n) is 8.86. The predicted octanol–water partition coefficient (Wildman–Crippen LogP) is 1.27. The summed E-state index contributed by atoms with van der Waals surface area (Å²) in [6.07, 6.45) is 0. The summed E-state index contributed by atoms with van der Waals surface area (Å²) in [6.45, 7) is 1.39. The number of Topliss-reactive ketones (excluding diaryl/α,β-unsaturated/α-hetero) is 1. The van der Waals surface area contributed by atoms with Gasteiger partial charge in [-0.3, -0.25) is 4.79 Å². The van der Waals surface area contributed by atoms with Crippen LogP contribution in [0.2, 0.25) is 0 Å². The number of cyclic esters (lactones) is 1. The molecule has 0 saturated heterocycles. The van der Waals surface area contributed by atoms with Crippen molar-refractivity contribution in [3.05, 3.63) is 22.8 Å². The van der Waals surface area contributed by atoms with Crippen molar-refractivity contribution in [1.82, 2.24) is 0 Å². The number of aromatic hydroxyl groups is 1. The molecule has 1 aliphatic rings. The maximum absolute atomic E-state index is 11.4. The number of fused-ring (bicyclic) bond motifs is 1. The monoisotopic (exact) mass is 222 g/mol. The van der Waals surface area contributed by atoms with Crippen LogP contribution in [0, 0.1) is 0 Å². The highest BCUT2D eigenvalue weighted by Crippen LogP contribution is 2.38. The Kier molecular flexibility index (Phi) is 2.30. The minimum Gasteiger partial charge on any atom is -0.506 e. The number of rotatable bonds is 2. The van der Waals surface area contributed by atoms with Gasteiger partial charge in [0.05, 0.1) is 7.11 Å². The number of carbonyl (C=O) groups is 2. The van der Waals surface area contributed by atoms with E-state index in [0.717, 1.165) is 0 Å². The maximum atomic E-state index is 11.4. The summed E-state index contributed by atoms with van der Waals surface area (Å²) in [6, 6.07) is 1.54. The molecular formula is C11H10O5. The number of ketones is 1. The van der Waals surface area contributed by atoms with Gasteiger partial charge in [-0.2, -0.15) is 0 Å². The van der Waals surface area contributed by atoms with Gasteiger partial charge in [0.15, 0.2) is 5.78 Å². The number of ether oxygens (including phenoxy) is 2. The predicted molar refractivity (Wildman–Crippen MR) is 53.8 cm³/mol. The van der Waals surface area contributed by atoms with Gasteiger partial charge < -0.3 is 14.6 Å². The van der Waals surface area contributed by atoms with Gasteiger partial charge in [0.2, 0.25) is 0 Å². The lowest BCUT2D eigenvalue weighted by atomic mass is 10.0. The summed E-state index contributed by atoms with van der Waals surface area (Å²) >= 11 is 0. The first-order valence-electron chi connectivity index (χ1n) is 4.67. The fourth-order valence-electron chi connectivity index (χ4n) is 1.75. The molecule has 1 heterocycles. The first-order valence-corrected chi connectivity index (χ1v) is 4.67. The highest BCUT2D eigenvalue weighted by Gasteiger charge is 2.30. The minimum atomic E-state index is -0.613.